The molecule has 4 nitrogen and oxygen atoms in total. The molecule has 1 aromatic rings. The van der Waals surface area contributed by atoms with Gasteiger partial charge in [-0.2, -0.15) is 0 Å². The molecule has 0 bridgehead atoms. The third kappa shape index (κ3) is 4.29. The average Bonchev–Trinajstić information content (AvgIpc) is 2.07. The minimum Gasteiger partial charge on any atom is -0.399 e. The van der Waals surface area contributed by atoms with E-state index in [1.807, 2.05) is 24.3 Å². The van der Waals surface area contributed by atoms with Gasteiger partial charge in [0.1, 0.15) is 0 Å². The zero-order valence-electron chi connectivity index (χ0n) is 6.83. The second kappa shape index (κ2) is 6.18. The first kappa shape index (κ1) is 10.4. The van der Waals surface area contributed by atoms with Crippen LogP contribution in [0.25, 0.3) is 0 Å². The minimum absolute atomic E-state index is 0.584. The second-order valence-electron chi connectivity index (χ2n) is 2.11. The van der Waals surface area contributed by atoms with E-state index in [1.165, 1.54) is 0 Å². The molecule has 7 N–H and O–H groups in total. The fourth-order valence-corrected chi connectivity index (χ4v) is 0.654. The lowest BCUT2D eigenvalue weighted by Gasteiger charge is -1.94. The normalized spacial score (nSPS) is 8.08. The van der Waals surface area contributed by atoms with Gasteiger partial charge in [0, 0.05) is 12.2 Å². The van der Waals surface area contributed by atoms with Crippen LogP contribution < -0.4 is 17.2 Å². The summed E-state index contributed by atoms with van der Waals surface area (Å²) in [6, 6.07) is 7.55. The molecule has 0 saturated heterocycles. The molecule has 1 rings (SSSR count). The number of nitrogens with one attached hydrogen (secondary N) is 1. The van der Waals surface area contributed by atoms with Crippen LogP contribution in [0.1, 0.15) is 5.56 Å². The van der Waals surface area contributed by atoms with E-state index in [9.17, 15) is 0 Å². The molecule has 4 heteroatoms. The third-order valence-corrected chi connectivity index (χ3v) is 1.22. The van der Waals surface area contributed by atoms with Gasteiger partial charge in [-0.05, 0) is 17.7 Å². The quantitative estimate of drug-likeness (QED) is 0.274. The predicted molar refractivity (Wildman–Crippen MR) is 51.7 cm³/mol. The van der Waals surface area contributed by atoms with Gasteiger partial charge < -0.3 is 17.2 Å². The molecule has 0 spiro atoms. The van der Waals surface area contributed by atoms with E-state index < -0.39 is 0 Å². The topological polar surface area (TPSA) is 102 Å². The van der Waals surface area contributed by atoms with Gasteiger partial charge in [0.15, 0.2) is 0 Å². The van der Waals surface area contributed by atoms with Gasteiger partial charge in [-0.3, -0.25) is 5.41 Å². The minimum atomic E-state index is 0.584. The van der Waals surface area contributed by atoms with Crippen molar-refractivity contribution in [3.05, 3.63) is 29.8 Å². The predicted octanol–water partition coefficient (Wildman–Crippen LogP) is 0.280. The Bertz CT molecular complexity index is 217. The van der Waals surface area contributed by atoms with Crippen molar-refractivity contribution >= 4 is 12.0 Å². The summed E-state index contributed by atoms with van der Waals surface area (Å²) < 4.78 is 0. The van der Waals surface area contributed by atoms with Crippen molar-refractivity contribution in [1.29, 1.82) is 5.41 Å². The van der Waals surface area contributed by atoms with Crippen molar-refractivity contribution in [2.24, 2.45) is 11.5 Å². The largest absolute Gasteiger partial charge is 0.399 e. The first-order chi connectivity index (χ1) is 5.74. The van der Waals surface area contributed by atoms with Crippen LogP contribution in [0.2, 0.25) is 0 Å². The Morgan fingerprint density at radius 1 is 1.25 bits per heavy atom. The van der Waals surface area contributed by atoms with Gasteiger partial charge in [0.05, 0.1) is 6.34 Å². The molecule has 0 unspecified atom stereocenters. The molecule has 0 radical (unpaired) electrons. The average molecular weight is 166 g/mol. The maximum absolute atomic E-state index is 5.86. The molecule has 1 aromatic carbocycles. The first-order valence-corrected chi connectivity index (χ1v) is 3.49. The number of hydrogen-bond donors (Lipinski definition) is 4. The smallest absolute Gasteiger partial charge is 0.0765 e. The lowest BCUT2D eigenvalue weighted by molar-refractivity contribution is 1.07. The highest BCUT2D eigenvalue weighted by atomic mass is 14.6. The molecule has 0 saturated carbocycles. The van der Waals surface area contributed by atoms with E-state index in [0.29, 0.717) is 6.54 Å². The summed E-state index contributed by atoms with van der Waals surface area (Å²) in [5, 5.41) is 5.86. The molecule has 0 fully saturated rings. The lowest BCUT2D eigenvalue weighted by Crippen LogP contribution is -1.95. The summed E-state index contributed by atoms with van der Waals surface area (Å²) in [5.74, 6) is 0. The molecule has 0 aliphatic carbocycles. The van der Waals surface area contributed by atoms with E-state index in [0.717, 1.165) is 17.6 Å². The van der Waals surface area contributed by atoms with Crippen LogP contribution in [0.5, 0.6) is 0 Å². The molecular formula is C8H14N4. The summed E-state index contributed by atoms with van der Waals surface area (Å²) in [5.41, 5.74) is 17.1. The van der Waals surface area contributed by atoms with E-state index in [2.05, 4.69) is 5.73 Å². The van der Waals surface area contributed by atoms with Crippen LogP contribution in [-0.2, 0) is 6.54 Å². The van der Waals surface area contributed by atoms with Crippen LogP contribution >= 0.6 is 0 Å². The molecular weight excluding hydrogens is 152 g/mol. The number of nitrogens with two attached hydrogens (primary N) is 3. The maximum Gasteiger partial charge on any atom is 0.0765 e. The summed E-state index contributed by atoms with van der Waals surface area (Å²) in [7, 11) is 0. The molecule has 0 aromatic heterocycles. The Hall–Kier alpha value is -1.55. The van der Waals surface area contributed by atoms with Crippen LogP contribution in [0, 0.1) is 5.41 Å². The summed E-state index contributed by atoms with van der Waals surface area (Å²) >= 11 is 0. The Labute approximate surface area is 71.9 Å². The van der Waals surface area contributed by atoms with Crippen molar-refractivity contribution in [3.8, 4) is 0 Å². The van der Waals surface area contributed by atoms with Crippen LogP contribution in [-0.4, -0.2) is 6.34 Å². The van der Waals surface area contributed by atoms with Gasteiger partial charge in [-0.1, -0.05) is 12.1 Å². The van der Waals surface area contributed by atoms with Crippen molar-refractivity contribution in [2.45, 2.75) is 6.54 Å². The summed E-state index contributed by atoms with van der Waals surface area (Å²) in [6.07, 6.45) is 0.750. The Morgan fingerprint density at radius 2 is 1.67 bits per heavy atom. The molecule has 12 heavy (non-hydrogen) atoms. The maximum atomic E-state index is 5.86. The highest BCUT2D eigenvalue weighted by molar-refractivity contribution is 5.46. The van der Waals surface area contributed by atoms with Gasteiger partial charge in [0.25, 0.3) is 0 Å². The van der Waals surface area contributed by atoms with Crippen molar-refractivity contribution in [2.75, 3.05) is 5.73 Å². The van der Waals surface area contributed by atoms with Crippen molar-refractivity contribution < 1.29 is 0 Å². The summed E-state index contributed by atoms with van der Waals surface area (Å²) in [4.78, 5) is 0. The van der Waals surface area contributed by atoms with Crippen molar-refractivity contribution in [1.82, 2.24) is 0 Å². The zero-order valence-corrected chi connectivity index (χ0v) is 6.83. The van der Waals surface area contributed by atoms with Gasteiger partial charge in [-0.25, -0.2) is 0 Å². The first-order valence-electron chi connectivity index (χ1n) is 3.49. The fraction of sp³-hybridized carbons (Fsp3) is 0.125. The Balaban J connectivity index is 0.000000354. The van der Waals surface area contributed by atoms with Gasteiger partial charge >= 0.3 is 0 Å². The van der Waals surface area contributed by atoms with Crippen LogP contribution in [0.15, 0.2) is 24.3 Å². The monoisotopic (exact) mass is 166 g/mol. The second-order valence-corrected chi connectivity index (χ2v) is 2.11. The van der Waals surface area contributed by atoms with Gasteiger partial charge in [-0.15, -0.1) is 0 Å². The van der Waals surface area contributed by atoms with E-state index in [-0.39, 0.29) is 0 Å². The summed E-state index contributed by atoms with van der Waals surface area (Å²) in [6.45, 7) is 0.584. The van der Waals surface area contributed by atoms with Gasteiger partial charge in [0.2, 0.25) is 0 Å². The SMILES string of the molecule is N=CN.NCc1ccc(N)cc1. The van der Waals surface area contributed by atoms with Crippen molar-refractivity contribution in [3.63, 3.8) is 0 Å². The zero-order chi connectivity index (χ0) is 9.40. The standard InChI is InChI=1S/C7H10N2.CH4N2/c8-5-6-1-3-7(9)4-2-6;2-1-3/h1-4H,5,8-9H2;1H,(H3,2,3). The number of rotatable bonds is 1. The molecule has 0 amide bonds. The number of anilines is 1. The molecule has 0 aliphatic rings. The number of nitrogen functional groups attached to an aromatic ring is 1. The highest BCUT2D eigenvalue weighted by Crippen LogP contribution is 2.03. The fourth-order valence-electron chi connectivity index (χ4n) is 0.654. The number of benzene rings is 1. The molecule has 0 atom stereocenters. The molecule has 66 valence electrons. The third-order valence-electron chi connectivity index (χ3n) is 1.22. The lowest BCUT2D eigenvalue weighted by atomic mass is 10.2. The van der Waals surface area contributed by atoms with Crippen LogP contribution in [0.3, 0.4) is 0 Å². The Morgan fingerprint density at radius 3 is 2.00 bits per heavy atom. The molecule has 0 aliphatic heterocycles. The highest BCUT2D eigenvalue weighted by Gasteiger charge is 1.85. The van der Waals surface area contributed by atoms with E-state index in [4.69, 9.17) is 16.9 Å². The van der Waals surface area contributed by atoms with E-state index >= 15 is 0 Å². The Kier molecular flexibility index (Phi) is 5.38. The molecule has 0 heterocycles. The number of hydrogen-bond acceptors (Lipinski definition) is 3. The van der Waals surface area contributed by atoms with Crippen LogP contribution in [0.4, 0.5) is 5.69 Å². The van der Waals surface area contributed by atoms with E-state index in [1.54, 1.807) is 0 Å².